The Hall–Kier alpha value is -1.05. The Morgan fingerprint density at radius 3 is 2.39 bits per heavy atom. The van der Waals surface area contributed by atoms with Gasteiger partial charge in [-0.25, -0.2) is 13.8 Å². The van der Waals surface area contributed by atoms with Crippen LogP contribution in [0.3, 0.4) is 0 Å². The van der Waals surface area contributed by atoms with E-state index in [1.807, 2.05) is 0 Å². The molecule has 13 heteroatoms. The van der Waals surface area contributed by atoms with E-state index in [0.717, 1.165) is 4.47 Å². The van der Waals surface area contributed by atoms with Crippen LogP contribution >= 0.6 is 15.9 Å². The fraction of sp³-hybridized carbons (Fsp3) is 0.667. The first-order valence-electron chi connectivity index (χ1n) is 8.11. The van der Waals surface area contributed by atoms with Crippen LogP contribution in [0.1, 0.15) is 25.7 Å². The lowest BCUT2D eigenvalue weighted by molar-refractivity contribution is -0.0865. The van der Waals surface area contributed by atoms with Crippen LogP contribution in [0, 0.1) is 0 Å². The van der Waals surface area contributed by atoms with E-state index in [1.54, 1.807) is 18.3 Å². The van der Waals surface area contributed by atoms with E-state index in [4.69, 9.17) is 9.47 Å². The summed E-state index contributed by atoms with van der Waals surface area (Å²) in [7, 11) is -6.04. The van der Waals surface area contributed by atoms with Crippen LogP contribution in [-0.4, -0.2) is 50.3 Å². The van der Waals surface area contributed by atoms with Crippen molar-refractivity contribution in [3.05, 3.63) is 22.8 Å². The van der Waals surface area contributed by atoms with Gasteiger partial charge in [0.15, 0.2) is 0 Å². The van der Waals surface area contributed by atoms with Gasteiger partial charge in [-0.15, -0.1) is 0 Å². The second-order valence-corrected chi connectivity index (χ2v) is 8.66. The summed E-state index contributed by atoms with van der Waals surface area (Å²) in [6.45, 7) is -1.91. The minimum atomic E-state index is -6.04. The normalized spacial score (nSPS) is 20.6. The molecule has 0 amide bonds. The Bertz CT molecular complexity index is 738. The fourth-order valence-electron chi connectivity index (χ4n) is 2.24. The lowest BCUT2D eigenvalue weighted by Crippen LogP contribution is -2.40. The van der Waals surface area contributed by atoms with Crippen molar-refractivity contribution >= 4 is 26.0 Å². The van der Waals surface area contributed by atoms with Crippen molar-refractivity contribution in [2.45, 2.75) is 49.3 Å². The molecule has 28 heavy (non-hydrogen) atoms. The molecular formula is C15H17BrF5NO5S. The molecule has 1 aliphatic rings. The quantitative estimate of drug-likeness (QED) is 0.210. The predicted molar refractivity (Wildman–Crippen MR) is 90.4 cm³/mol. The Kier molecular flexibility index (Phi) is 7.62. The average Bonchev–Trinajstić information content (AvgIpc) is 2.55. The molecule has 1 fully saturated rings. The van der Waals surface area contributed by atoms with E-state index in [1.165, 1.54) is 0 Å². The molecule has 0 aliphatic heterocycles. The summed E-state index contributed by atoms with van der Waals surface area (Å²) < 4.78 is 99.4. The van der Waals surface area contributed by atoms with Gasteiger partial charge in [0, 0.05) is 42.6 Å². The molecule has 2 rings (SSSR count). The van der Waals surface area contributed by atoms with Crippen molar-refractivity contribution in [3.63, 3.8) is 0 Å². The number of alkyl halides is 5. The van der Waals surface area contributed by atoms with Crippen LogP contribution in [0.4, 0.5) is 22.0 Å². The standard InChI is InChI=1S/C15H17BrF5NO5S/c16-10-2-3-13(22-8-10)27-12-6-11(7-12)25-5-1-4-14(17,18)9-26-28(23,24)15(19,20)21/h2-3,8,11-12H,1,4-7,9H2. The SMILES string of the molecule is O=S(=O)(OCC(F)(F)CCCOC1CC(Oc2ccc(Br)cn2)C1)C(F)(F)F. The Labute approximate surface area is 166 Å². The molecule has 1 aromatic rings. The van der Waals surface area contributed by atoms with Crippen LogP contribution in [0.15, 0.2) is 22.8 Å². The van der Waals surface area contributed by atoms with Crippen molar-refractivity contribution in [2.75, 3.05) is 13.2 Å². The maximum Gasteiger partial charge on any atom is 0.523 e. The van der Waals surface area contributed by atoms with Gasteiger partial charge in [0.25, 0.3) is 5.92 Å². The first kappa shape index (κ1) is 23.2. The summed E-state index contributed by atoms with van der Waals surface area (Å²) in [6.07, 6.45) is 1.40. The number of hydrogen-bond donors (Lipinski definition) is 0. The largest absolute Gasteiger partial charge is 0.523 e. The van der Waals surface area contributed by atoms with Gasteiger partial charge in [0.05, 0.1) is 6.10 Å². The molecule has 1 aliphatic carbocycles. The third-order valence-corrected chi connectivity index (χ3v) is 5.25. The summed E-state index contributed by atoms with van der Waals surface area (Å²) in [5.41, 5.74) is -5.74. The zero-order valence-corrected chi connectivity index (χ0v) is 16.7. The molecule has 0 spiro atoms. The van der Waals surface area contributed by atoms with E-state index < -0.39 is 34.6 Å². The second kappa shape index (κ2) is 9.18. The highest BCUT2D eigenvalue weighted by atomic mass is 79.9. The van der Waals surface area contributed by atoms with E-state index in [9.17, 15) is 30.4 Å². The van der Waals surface area contributed by atoms with Crippen molar-refractivity contribution in [1.29, 1.82) is 0 Å². The van der Waals surface area contributed by atoms with E-state index in [0.29, 0.717) is 18.7 Å². The summed E-state index contributed by atoms with van der Waals surface area (Å²) >= 11 is 3.25. The number of rotatable bonds is 10. The second-order valence-electron chi connectivity index (χ2n) is 6.14. The third-order valence-electron chi connectivity index (χ3n) is 3.79. The first-order chi connectivity index (χ1) is 12.9. The molecule has 0 radical (unpaired) electrons. The van der Waals surface area contributed by atoms with Gasteiger partial charge in [-0.1, -0.05) is 0 Å². The maximum absolute atomic E-state index is 13.5. The highest BCUT2D eigenvalue weighted by Crippen LogP contribution is 2.30. The van der Waals surface area contributed by atoms with E-state index in [2.05, 4.69) is 25.1 Å². The molecule has 1 saturated carbocycles. The minimum absolute atomic E-state index is 0.0461. The summed E-state index contributed by atoms with van der Waals surface area (Å²) in [6, 6.07) is 3.47. The number of pyridine rings is 1. The van der Waals surface area contributed by atoms with Crippen LogP contribution in [0.5, 0.6) is 5.88 Å². The Balaban J connectivity index is 1.59. The molecule has 0 bridgehead atoms. The molecule has 0 unspecified atom stereocenters. The van der Waals surface area contributed by atoms with Gasteiger partial charge in [0.1, 0.15) is 12.7 Å². The average molecular weight is 498 g/mol. The number of halogens is 6. The predicted octanol–water partition coefficient (Wildman–Crippen LogP) is 4.05. The molecular weight excluding hydrogens is 481 g/mol. The van der Waals surface area contributed by atoms with Gasteiger partial charge in [0.2, 0.25) is 5.88 Å². The Morgan fingerprint density at radius 2 is 1.82 bits per heavy atom. The van der Waals surface area contributed by atoms with Gasteiger partial charge >= 0.3 is 15.6 Å². The van der Waals surface area contributed by atoms with Crippen molar-refractivity contribution < 1.29 is 44.0 Å². The molecule has 0 atom stereocenters. The number of aromatic nitrogens is 1. The highest BCUT2D eigenvalue weighted by molar-refractivity contribution is 9.10. The monoisotopic (exact) mass is 497 g/mol. The van der Waals surface area contributed by atoms with Gasteiger partial charge < -0.3 is 9.47 Å². The summed E-state index contributed by atoms with van der Waals surface area (Å²) in [4.78, 5) is 4.06. The third kappa shape index (κ3) is 7.08. The lowest BCUT2D eigenvalue weighted by Gasteiger charge is -2.34. The van der Waals surface area contributed by atoms with E-state index in [-0.39, 0.29) is 25.2 Å². The molecule has 0 N–H and O–H groups in total. The van der Waals surface area contributed by atoms with Gasteiger partial charge in [-0.2, -0.15) is 21.6 Å². The van der Waals surface area contributed by atoms with Gasteiger partial charge in [-0.05, 0) is 28.4 Å². The zero-order valence-electron chi connectivity index (χ0n) is 14.3. The van der Waals surface area contributed by atoms with Crippen molar-refractivity contribution in [1.82, 2.24) is 4.98 Å². The zero-order chi connectivity index (χ0) is 21.0. The van der Waals surface area contributed by atoms with Crippen molar-refractivity contribution in [3.8, 4) is 5.88 Å². The molecule has 0 aromatic carbocycles. The number of ether oxygens (including phenoxy) is 2. The van der Waals surface area contributed by atoms with Crippen LogP contribution in [0.25, 0.3) is 0 Å². The number of nitrogens with zero attached hydrogens (tertiary/aromatic N) is 1. The van der Waals surface area contributed by atoms with Gasteiger partial charge in [-0.3, -0.25) is 4.18 Å². The molecule has 6 nitrogen and oxygen atoms in total. The molecule has 160 valence electrons. The highest BCUT2D eigenvalue weighted by Gasteiger charge is 2.49. The fourth-order valence-corrected chi connectivity index (χ4v) is 2.93. The number of hydrogen-bond acceptors (Lipinski definition) is 6. The lowest BCUT2D eigenvalue weighted by atomic mass is 9.92. The van der Waals surface area contributed by atoms with Crippen LogP contribution in [-0.2, 0) is 19.0 Å². The smallest absolute Gasteiger partial charge is 0.474 e. The molecule has 0 saturated heterocycles. The topological polar surface area (TPSA) is 74.7 Å². The summed E-state index contributed by atoms with van der Waals surface area (Å²) in [5, 5.41) is 0. The van der Waals surface area contributed by atoms with Crippen molar-refractivity contribution in [2.24, 2.45) is 0 Å². The first-order valence-corrected chi connectivity index (χ1v) is 10.3. The maximum atomic E-state index is 13.5. The van der Waals surface area contributed by atoms with Crippen LogP contribution in [0.2, 0.25) is 0 Å². The van der Waals surface area contributed by atoms with Crippen LogP contribution < -0.4 is 4.74 Å². The minimum Gasteiger partial charge on any atom is -0.474 e. The van der Waals surface area contributed by atoms with E-state index >= 15 is 0 Å². The molecule has 1 heterocycles. The Morgan fingerprint density at radius 1 is 1.14 bits per heavy atom. The summed E-state index contributed by atoms with van der Waals surface area (Å²) in [5.74, 6) is -3.26. The molecule has 1 aromatic heterocycles.